The minimum absolute atomic E-state index is 0.458. The molecule has 150 valence electrons. The van der Waals surface area contributed by atoms with Gasteiger partial charge in [-0.2, -0.15) is 5.10 Å². The molecule has 4 nitrogen and oxygen atoms in total. The summed E-state index contributed by atoms with van der Waals surface area (Å²) < 4.78 is 19.7. The van der Waals surface area contributed by atoms with E-state index in [4.69, 9.17) is 27.9 Å². The van der Waals surface area contributed by atoms with Gasteiger partial charge in [0.05, 0.1) is 11.2 Å². The normalized spacial score (nSPS) is 15.3. The lowest BCUT2D eigenvalue weighted by molar-refractivity contribution is 0.468. The summed E-state index contributed by atoms with van der Waals surface area (Å²) in [6.07, 6.45) is 1.51. The molecular weight excluding hydrogens is 438 g/mol. The number of halogens is 2. The van der Waals surface area contributed by atoms with Crippen LogP contribution >= 0.6 is 30.5 Å². The first kappa shape index (κ1) is 20.5. The van der Waals surface area contributed by atoms with Gasteiger partial charge in [0.25, 0.3) is 0 Å². The van der Waals surface area contributed by atoms with Crippen LogP contribution in [0.5, 0.6) is 0 Å². The zero-order chi connectivity index (χ0) is 21.0. The fourth-order valence-electron chi connectivity index (χ4n) is 2.88. The molecule has 1 N–H and O–H groups in total. The smallest absolute Gasteiger partial charge is 0.235 e. The zero-order valence-electron chi connectivity index (χ0n) is 15.7. The van der Waals surface area contributed by atoms with E-state index in [9.17, 15) is 4.57 Å². The molecule has 30 heavy (non-hydrogen) atoms. The molecule has 0 atom stereocenters. The maximum Gasteiger partial charge on any atom is 0.235 e. The fourth-order valence-corrected chi connectivity index (χ4v) is 4.87. The highest BCUT2D eigenvalue weighted by atomic mass is 35.5. The topological polar surface area (TPSA) is 50.7 Å². The second-order valence-electron chi connectivity index (χ2n) is 6.55. The monoisotopic (exact) mass is 454 g/mol. The Kier molecular flexibility index (Phi) is 6.10. The molecular formula is C23H17Cl2N2O2P. The van der Waals surface area contributed by atoms with Crippen molar-refractivity contribution in [2.24, 2.45) is 5.10 Å². The molecule has 0 fully saturated rings. The molecule has 0 amide bonds. The van der Waals surface area contributed by atoms with E-state index in [1.165, 1.54) is 6.21 Å². The number of nitrogens with zero attached hydrogens (tertiary/aromatic N) is 1. The van der Waals surface area contributed by atoms with Gasteiger partial charge in [-0.15, -0.1) is 0 Å². The third kappa shape index (κ3) is 4.85. The molecule has 0 unspecified atom stereocenters. The van der Waals surface area contributed by atoms with Crippen molar-refractivity contribution in [2.45, 2.75) is 0 Å². The van der Waals surface area contributed by atoms with Crippen LogP contribution in [0, 0.1) is 0 Å². The molecule has 1 heterocycles. The summed E-state index contributed by atoms with van der Waals surface area (Å²) >= 11 is 12.1. The first-order valence-corrected chi connectivity index (χ1v) is 11.7. The van der Waals surface area contributed by atoms with E-state index in [1.807, 2.05) is 60.7 Å². The average molecular weight is 455 g/mol. The summed E-state index contributed by atoms with van der Waals surface area (Å²) in [6.45, 7) is 0. The van der Waals surface area contributed by atoms with Gasteiger partial charge in [0.15, 0.2) is 0 Å². The van der Waals surface area contributed by atoms with Crippen LogP contribution in [0.3, 0.4) is 0 Å². The van der Waals surface area contributed by atoms with Gasteiger partial charge in [0.2, 0.25) is 7.29 Å². The highest BCUT2D eigenvalue weighted by molar-refractivity contribution is 7.68. The lowest BCUT2D eigenvalue weighted by atomic mass is 10.2. The lowest BCUT2D eigenvalue weighted by Gasteiger charge is -2.22. The van der Waals surface area contributed by atoms with Crippen molar-refractivity contribution in [3.05, 3.63) is 117 Å². The Morgan fingerprint density at radius 2 is 1.40 bits per heavy atom. The summed E-state index contributed by atoms with van der Waals surface area (Å²) in [5.41, 5.74) is 2.31. The number of hydrogen-bond acceptors (Lipinski definition) is 3. The van der Waals surface area contributed by atoms with Crippen LogP contribution in [0.4, 0.5) is 0 Å². The van der Waals surface area contributed by atoms with Gasteiger partial charge in [-0.05, 0) is 12.1 Å². The van der Waals surface area contributed by atoms with Gasteiger partial charge < -0.3 is 4.74 Å². The van der Waals surface area contributed by atoms with E-state index in [1.54, 1.807) is 29.8 Å². The molecule has 0 saturated carbocycles. The van der Waals surface area contributed by atoms with Crippen LogP contribution in [-0.2, 0) is 9.30 Å². The second-order valence-corrected chi connectivity index (χ2v) is 9.53. The average Bonchev–Trinajstić information content (AvgIpc) is 2.76. The summed E-state index contributed by atoms with van der Waals surface area (Å²) in [6, 6.07) is 24.1. The van der Waals surface area contributed by atoms with E-state index in [0.717, 1.165) is 11.1 Å². The van der Waals surface area contributed by atoms with Crippen molar-refractivity contribution < 1.29 is 9.30 Å². The number of rotatable bonds is 5. The van der Waals surface area contributed by atoms with Crippen molar-refractivity contribution in [2.75, 3.05) is 0 Å². The van der Waals surface area contributed by atoms with Crippen LogP contribution in [0.1, 0.15) is 16.7 Å². The van der Waals surface area contributed by atoms with Gasteiger partial charge in [0.1, 0.15) is 11.5 Å². The summed E-state index contributed by atoms with van der Waals surface area (Å²) in [5.74, 6) is 4.17. The highest BCUT2D eigenvalue weighted by Gasteiger charge is 2.26. The van der Waals surface area contributed by atoms with E-state index in [-0.39, 0.29) is 0 Å². The predicted octanol–water partition coefficient (Wildman–Crippen LogP) is 7.22. The largest absolute Gasteiger partial charge is 0.456 e. The third-order valence-corrected chi connectivity index (χ3v) is 6.56. The Morgan fingerprint density at radius 1 is 0.833 bits per heavy atom. The Balaban J connectivity index is 1.67. The van der Waals surface area contributed by atoms with Gasteiger partial charge in [0, 0.05) is 33.3 Å². The Labute approximate surface area is 184 Å². The van der Waals surface area contributed by atoms with Crippen molar-refractivity contribution in [3.8, 4) is 0 Å². The van der Waals surface area contributed by atoms with Crippen molar-refractivity contribution >= 4 is 48.2 Å². The van der Waals surface area contributed by atoms with Crippen LogP contribution in [0.25, 0.3) is 11.5 Å². The van der Waals surface area contributed by atoms with E-state index < -0.39 is 7.29 Å². The Bertz CT molecular complexity index is 1130. The number of ether oxygens (including phenoxy) is 1. The molecule has 0 aromatic heterocycles. The van der Waals surface area contributed by atoms with Crippen LogP contribution in [0.2, 0.25) is 10.0 Å². The maximum atomic E-state index is 13.6. The second kappa shape index (κ2) is 8.93. The van der Waals surface area contributed by atoms with Crippen molar-refractivity contribution in [3.63, 3.8) is 0 Å². The van der Waals surface area contributed by atoms with E-state index in [0.29, 0.717) is 27.1 Å². The quantitative estimate of drug-likeness (QED) is 0.251. The van der Waals surface area contributed by atoms with Gasteiger partial charge in [-0.1, -0.05) is 89.9 Å². The van der Waals surface area contributed by atoms with Crippen LogP contribution < -0.4 is 5.20 Å². The summed E-state index contributed by atoms with van der Waals surface area (Å²) in [5, 5.41) is 7.95. The molecule has 0 radical (unpaired) electrons. The molecule has 0 aliphatic carbocycles. The number of nitrogens with one attached hydrogen (secondary N) is 1. The van der Waals surface area contributed by atoms with Gasteiger partial charge >= 0.3 is 0 Å². The van der Waals surface area contributed by atoms with E-state index >= 15 is 0 Å². The van der Waals surface area contributed by atoms with Gasteiger partial charge in [-0.25, -0.2) is 0 Å². The molecule has 1 aliphatic rings. The molecule has 0 saturated heterocycles. The van der Waals surface area contributed by atoms with Crippen LogP contribution in [0.15, 0.2) is 95.6 Å². The zero-order valence-corrected chi connectivity index (χ0v) is 18.1. The molecule has 1 aliphatic heterocycles. The third-order valence-electron chi connectivity index (χ3n) is 4.33. The van der Waals surface area contributed by atoms with Gasteiger partial charge in [-0.3, -0.25) is 9.76 Å². The molecule has 7 heteroatoms. The standard InChI is InChI=1S/C23H17Cl2N2O2P/c24-20-12-11-19(21(25)13-20)14-26-27-30(28)15-22(17-7-3-1-4-8-17)29-23(16-30)18-9-5-2-6-10-18/h1-16H,(H,27,28)/b26-14+. The first-order chi connectivity index (χ1) is 14.5. The molecule has 3 aromatic rings. The molecule has 3 aromatic carbocycles. The molecule has 4 rings (SSSR count). The molecule has 0 spiro atoms. The summed E-state index contributed by atoms with van der Waals surface area (Å²) in [4.78, 5) is 0. The first-order valence-electron chi connectivity index (χ1n) is 9.12. The summed E-state index contributed by atoms with van der Waals surface area (Å²) in [7, 11) is -3.18. The lowest BCUT2D eigenvalue weighted by Crippen LogP contribution is -2.06. The van der Waals surface area contributed by atoms with Crippen LogP contribution in [-0.4, -0.2) is 6.21 Å². The number of hydrazone groups is 1. The SMILES string of the molecule is O=P1(N/N=C/c2ccc(Cl)cc2Cl)C=C(c2ccccc2)OC(c2ccccc2)=C1. The minimum atomic E-state index is -3.18. The number of benzene rings is 3. The number of hydrogen-bond donors (Lipinski definition) is 1. The predicted molar refractivity (Wildman–Crippen MR) is 125 cm³/mol. The Morgan fingerprint density at radius 3 is 1.93 bits per heavy atom. The van der Waals surface area contributed by atoms with Crippen molar-refractivity contribution in [1.29, 1.82) is 0 Å². The Hall–Kier alpha value is -2.78. The van der Waals surface area contributed by atoms with E-state index in [2.05, 4.69) is 10.3 Å². The van der Waals surface area contributed by atoms with Crippen molar-refractivity contribution in [1.82, 2.24) is 5.20 Å². The maximum absolute atomic E-state index is 13.6. The fraction of sp³-hybridized carbons (Fsp3) is 0. The minimum Gasteiger partial charge on any atom is -0.456 e. The highest BCUT2D eigenvalue weighted by Crippen LogP contribution is 2.53. The molecule has 0 bridgehead atoms.